The maximum atomic E-state index is 12.7. The minimum atomic E-state index is -0.329. The number of likely N-dealkylation sites (tertiary alicyclic amines) is 1. The average molecular weight is 464 g/mol. The Morgan fingerprint density at radius 1 is 1.19 bits per heavy atom. The van der Waals surface area contributed by atoms with Crippen molar-refractivity contribution in [2.24, 2.45) is 11.7 Å². The quantitative estimate of drug-likeness (QED) is 0.424. The lowest BCUT2D eigenvalue weighted by Gasteiger charge is -2.31. The number of carbonyl (C=O) groups is 2. The molecular weight excluding hydrogens is 434 g/mol. The second-order valence-electron chi connectivity index (χ2n) is 7.90. The number of unbranched alkanes of at least 4 members (excludes halogenated alkanes) is 3. The summed E-state index contributed by atoms with van der Waals surface area (Å²) in [6.45, 7) is 4.07. The van der Waals surface area contributed by atoms with Gasteiger partial charge in [0.2, 0.25) is 11.8 Å². The SMILES string of the molecule is CCCCCCn1c(SCC(=O)N2CCCC(C(N)=O)C2)nnc1-c1ccc(Cl)cc1. The molecule has 7 nitrogen and oxygen atoms in total. The van der Waals surface area contributed by atoms with Crippen molar-refractivity contribution >= 4 is 35.2 Å². The third-order valence-corrected chi connectivity index (χ3v) is 6.76. The molecule has 2 aromatic rings. The van der Waals surface area contributed by atoms with Gasteiger partial charge < -0.3 is 15.2 Å². The number of hydrogen-bond donors (Lipinski definition) is 1. The molecular formula is C22H30ClN5O2S. The van der Waals surface area contributed by atoms with E-state index in [1.807, 2.05) is 24.3 Å². The minimum Gasteiger partial charge on any atom is -0.369 e. The van der Waals surface area contributed by atoms with E-state index >= 15 is 0 Å². The number of primary amides is 1. The Balaban J connectivity index is 1.70. The first kappa shape index (κ1) is 23.6. The number of piperidine rings is 1. The standard InChI is InChI=1S/C22H30ClN5O2S/c1-2-3-4-5-13-28-21(16-8-10-18(23)11-9-16)25-26-22(28)31-15-19(29)27-12-6-7-17(14-27)20(24)30/h8-11,17H,2-7,12-15H2,1H3,(H2,24,30). The first-order valence-electron chi connectivity index (χ1n) is 10.9. The van der Waals surface area contributed by atoms with Crippen molar-refractivity contribution in [3.63, 3.8) is 0 Å². The lowest BCUT2D eigenvalue weighted by molar-refractivity contribution is -0.132. The summed E-state index contributed by atoms with van der Waals surface area (Å²) >= 11 is 7.43. The van der Waals surface area contributed by atoms with E-state index in [4.69, 9.17) is 17.3 Å². The highest BCUT2D eigenvalue weighted by atomic mass is 35.5. The summed E-state index contributed by atoms with van der Waals surface area (Å²) in [5.41, 5.74) is 6.39. The number of hydrogen-bond acceptors (Lipinski definition) is 5. The highest BCUT2D eigenvalue weighted by Crippen LogP contribution is 2.27. The maximum absolute atomic E-state index is 12.7. The molecule has 1 aliphatic rings. The van der Waals surface area contributed by atoms with Crippen molar-refractivity contribution in [3.05, 3.63) is 29.3 Å². The molecule has 2 N–H and O–H groups in total. The molecule has 1 atom stereocenters. The van der Waals surface area contributed by atoms with Gasteiger partial charge in [-0.3, -0.25) is 9.59 Å². The van der Waals surface area contributed by atoms with Gasteiger partial charge in [0.1, 0.15) is 0 Å². The monoisotopic (exact) mass is 463 g/mol. The molecule has 168 valence electrons. The first-order chi connectivity index (χ1) is 15.0. The van der Waals surface area contributed by atoms with Gasteiger partial charge in [-0.05, 0) is 43.5 Å². The summed E-state index contributed by atoms with van der Waals surface area (Å²) in [4.78, 5) is 26.0. The molecule has 0 saturated carbocycles. The van der Waals surface area contributed by atoms with Crippen molar-refractivity contribution < 1.29 is 9.59 Å². The van der Waals surface area contributed by atoms with Crippen LogP contribution in [-0.4, -0.2) is 50.3 Å². The van der Waals surface area contributed by atoms with E-state index in [0.717, 1.165) is 48.8 Å². The van der Waals surface area contributed by atoms with E-state index in [-0.39, 0.29) is 23.5 Å². The van der Waals surface area contributed by atoms with E-state index < -0.39 is 0 Å². The van der Waals surface area contributed by atoms with Gasteiger partial charge in [0.05, 0.1) is 11.7 Å². The largest absolute Gasteiger partial charge is 0.369 e. The van der Waals surface area contributed by atoms with Gasteiger partial charge in [-0.25, -0.2) is 0 Å². The zero-order valence-corrected chi connectivity index (χ0v) is 19.5. The zero-order valence-electron chi connectivity index (χ0n) is 17.9. The maximum Gasteiger partial charge on any atom is 0.233 e. The van der Waals surface area contributed by atoms with Crippen molar-refractivity contribution in [3.8, 4) is 11.4 Å². The van der Waals surface area contributed by atoms with Crippen molar-refractivity contribution in [1.29, 1.82) is 0 Å². The Bertz CT molecular complexity index is 887. The van der Waals surface area contributed by atoms with Crippen molar-refractivity contribution in [2.75, 3.05) is 18.8 Å². The third-order valence-electron chi connectivity index (χ3n) is 5.56. The van der Waals surface area contributed by atoms with Gasteiger partial charge in [0, 0.05) is 30.2 Å². The number of nitrogens with two attached hydrogens (primary N) is 1. The van der Waals surface area contributed by atoms with Crippen LogP contribution in [0, 0.1) is 5.92 Å². The molecule has 0 bridgehead atoms. The molecule has 1 unspecified atom stereocenters. The highest BCUT2D eigenvalue weighted by molar-refractivity contribution is 7.99. The number of thioether (sulfide) groups is 1. The molecule has 31 heavy (non-hydrogen) atoms. The Morgan fingerprint density at radius 3 is 2.68 bits per heavy atom. The average Bonchev–Trinajstić information content (AvgIpc) is 3.18. The smallest absolute Gasteiger partial charge is 0.233 e. The van der Waals surface area contributed by atoms with Crippen molar-refractivity contribution in [2.45, 2.75) is 57.1 Å². The third kappa shape index (κ3) is 6.46. The van der Waals surface area contributed by atoms with Crippen LogP contribution in [0.1, 0.15) is 45.4 Å². The molecule has 1 aliphatic heterocycles. The molecule has 3 rings (SSSR count). The summed E-state index contributed by atoms with van der Waals surface area (Å²) in [5, 5.41) is 10.2. The van der Waals surface area contributed by atoms with Crippen LogP contribution in [-0.2, 0) is 16.1 Å². The predicted octanol–water partition coefficient (Wildman–Crippen LogP) is 3.99. The van der Waals surface area contributed by atoms with E-state index in [1.165, 1.54) is 24.6 Å². The second kappa shape index (κ2) is 11.5. The van der Waals surface area contributed by atoms with E-state index in [9.17, 15) is 9.59 Å². The van der Waals surface area contributed by atoms with Crippen LogP contribution >= 0.6 is 23.4 Å². The van der Waals surface area contributed by atoms with Gasteiger partial charge >= 0.3 is 0 Å². The number of carbonyl (C=O) groups excluding carboxylic acids is 2. The topological polar surface area (TPSA) is 94.1 Å². The normalized spacial score (nSPS) is 16.5. The van der Waals surface area contributed by atoms with Crippen LogP contribution in [0.15, 0.2) is 29.4 Å². The van der Waals surface area contributed by atoms with Gasteiger partial charge in [-0.15, -0.1) is 10.2 Å². The molecule has 9 heteroatoms. The Morgan fingerprint density at radius 2 is 1.97 bits per heavy atom. The summed E-state index contributed by atoms with van der Waals surface area (Å²) in [6, 6.07) is 7.56. The molecule has 0 spiro atoms. The summed E-state index contributed by atoms with van der Waals surface area (Å²) in [6.07, 6.45) is 6.08. The number of benzene rings is 1. The lowest BCUT2D eigenvalue weighted by atomic mass is 9.97. The van der Waals surface area contributed by atoms with Gasteiger partial charge in [0.15, 0.2) is 11.0 Å². The summed E-state index contributed by atoms with van der Waals surface area (Å²) in [7, 11) is 0. The summed E-state index contributed by atoms with van der Waals surface area (Å²) < 4.78 is 2.10. The van der Waals surface area contributed by atoms with Gasteiger partial charge in [-0.2, -0.15) is 0 Å². The predicted molar refractivity (Wildman–Crippen MR) is 124 cm³/mol. The first-order valence-corrected chi connectivity index (χ1v) is 12.2. The number of nitrogens with zero attached hydrogens (tertiary/aromatic N) is 4. The number of aromatic nitrogens is 3. The van der Waals surface area contributed by atoms with Crippen molar-refractivity contribution in [1.82, 2.24) is 19.7 Å². The van der Waals surface area contributed by atoms with E-state index in [1.54, 1.807) is 4.90 Å². The Hall–Kier alpha value is -2.06. The van der Waals surface area contributed by atoms with Crippen LogP contribution in [0.25, 0.3) is 11.4 Å². The van der Waals surface area contributed by atoms with Crippen LogP contribution in [0.5, 0.6) is 0 Å². The fraction of sp³-hybridized carbons (Fsp3) is 0.545. The van der Waals surface area contributed by atoms with Gasteiger partial charge in [-0.1, -0.05) is 49.5 Å². The number of halogens is 1. The van der Waals surface area contributed by atoms with Gasteiger partial charge in [0.25, 0.3) is 0 Å². The number of rotatable bonds is 10. The molecule has 0 radical (unpaired) electrons. The Kier molecular flexibility index (Phi) is 8.78. The molecule has 1 aromatic heterocycles. The molecule has 1 aromatic carbocycles. The van der Waals surface area contributed by atoms with Crippen LogP contribution in [0.2, 0.25) is 5.02 Å². The van der Waals surface area contributed by atoms with Crippen LogP contribution in [0.3, 0.4) is 0 Å². The van der Waals surface area contributed by atoms with E-state index in [2.05, 4.69) is 21.7 Å². The second-order valence-corrected chi connectivity index (χ2v) is 9.27. The Labute approximate surface area is 192 Å². The van der Waals surface area contributed by atoms with Crippen LogP contribution in [0.4, 0.5) is 0 Å². The van der Waals surface area contributed by atoms with E-state index in [0.29, 0.717) is 18.1 Å². The molecule has 0 aliphatic carbocycles. The zero-order chi connectivity index (χ0) is 22.2. The molecule has 2 heterocycles. The fourth-order valence-electron chi connectivity index (χ4n) is 3.76. The lowest BCUT2D eigenvalue weighted by Crippen LogP contribution is -2.44. The number of amides is 2. The summed E-state index contributed by atoms with van der Waals surface area (Å²) in [5.74, 6) is 0.476. The minimum absolute atomic E-state index is 0.00419. The fourth-order valence-corrected chi connectivity index (χ4v) is 4.75. The molecule has 1 fully saturated rings. The molecule has 1 saturated heterocycles. The van der Waals surface area contributed by atoms with Crippen LogP contribution < -0.4 is 5.73 Å². The molecule has 2 amide bonds. The highest BCUT2D eigenvalue weighted by Gasteiger charge is 2.27.